The molecular formula is C20H25N3O2. The first kappa shape index (κ1) is 17.1. The second-order valence-electron chi connectivity index (χ2n) is 6.74. The molecule has 5 nitrogen and oxygen atoms in total. The van der Waals surface area contributed by atoms with E-state index in [2.05, 4.69) is 25.2 Å². The highest BCUT2D eigenvalue weighted by Crippen LogP contribution is 2.33. The highest BCUT2D eigenvalue weighted by Gasteiger charge is 2.21. The molecule has 1 heterocycles. The van der Waals surface area contributed by atoms with Crippen LogP contribution < -0.4 is 20.7 Å². The third-order valence-electron chi connectivity index (χ3n) is 4.47. The zero-order chi connectivity index (χ0) is 18.0. The molecule has 132 valence electrons. The predicted molar refractivity (Wildman–Crippen MR) is 102 cm³/mol. The maximum Gasteiger partial charge on any atom is 0.243 e. The maximum atomic E-state index is 12.7. The van der Waals surface area contributed by atoms with Gasteiger partial charge < -0.3 is 20.7 Å². The van der Waals surface area contributed by atoms with E-state index in [0.717, 1.165) is 28.3 Å². The number of nitrogen functional groups attached to an aromatic ring is 1. The highest BCUT2D eigenvalue weighted by molar-refractivity contribution is 5.96. The number of hydrogen-bond donors (Lipinski definition) is 2. The highest BCUT2D eigenvalue weighted by atomic mass is 16.5. The number of hydrogen-bond acceptors (Lipinski definition) is 4. The van der Waals surface area contributed by atoms with Crippen LogP contribution in [0.3, 0.4) is 0 Å². The summed E-state index contributed by atoms with van der Waals surface area (Å²) in [5, 5.41) is 3.10. The van der Waals surface area contributed by atoms with Crippen LogP contribution in [0.2, 0.25) is 0 Å². The first-order valence-corrected chi connectivity index (χ1v) is 8.62. The fraction of sp³-hybridized carbons (Fsp3) is 0.350. The van der Waals surface area contributed by atoms with Crippen molar-refractivity contribution in [2.45, 2.75) is 26.7 Å². The number of nitrogens with one attached hydrogen (secondary N) is 1. The Hall–Kier alpha value is -2.69. The van der Waals surface area contributed by atoms with Gasteiger partial charge >= 0.3 is 0 Å². The third kappa shape index (κ3) is 3.71. The summed E-state index contributed by atoms with van der Waals surface area (Å²) < 4.78 is 5.65. The smallest absolute Gasteiger partial charge is 0.243 e. The van der Waals surface area contributed by atoms with Gasteiger partial charge in [0.25, 0.3) is 0 Å². The Balaban J connectivity index is 1.78. The number of rotatable bonds is 4. The molecule has 3 N–H and O–H groups in total. The topological polar surface area (TPSA) is 67.6 Å². The van der Waals surface area contributed by atoms with Crippen LogP contribution in [0.15, 0.2) is 36.4 Å². The lowest BCUT2D eigenvalue weighted by atomic mass is 9.98. The lowest BCUT2D eigenvalue weighted by Crippen LogP contribution is -2.39. The summed E-state index contributed by atoms with van der Waals surface area (Å²) in [6.45, 7) is 7.77. The van der Waals surface area contributed by atoms with E-state index in [4.69, 9.17) is 10.5 Å². The van der Waals surface area contributed by atoms with Crippen molar-refractivity contribution in [2.75, 3.05) is 35.6 Å². The average molecular weight is 339 g/mol. The molecule has 0 saturated carbocycles. The largest absolute Gasteiger partial charge is 0.490 e. The molecule has 0 atom stereocenters. The number of carbonyl (C=O) groups is 1. The lowest BCUT2D eigenvalue weighted by molar-refractivity contribution is -0.115. The Morgan fingerprint density at radius 2 is 2.12 bits per heavy atom. The molecule has 0 aromatic heterocycles. The Kier molecular flexibility index (Phi) is 4.83. The molecule has 25 heavy (non-hydrogen) atoms. The van der Waals surface area contributed by atoms with Gasteiger partial charge in [-0.1, -0.05) is 32.0 Å². The van der Waals surface area contributed by atoms with Crippen molar-refractivity contribution in [3.05, 3.63) is 47.5 Å². The number of ether oxygens (including phenoxy) is 1. The van der Waals surface area contributed by atoms with E-state index < -0.39 is 0 Å². The van der Waals surface area contributed by atoms with Crippen LogP contribution in [0.1, 0.15) is 30.9 Å². The fourth-order valence-corrected chi connectivity index (χ4v) is 3.15. The molecular weight excluding hydrogens is 314 g/mol. The van der Waals surface area contributed by atoms with E-state index in [1.54, 1.807) is 0 Å². The molecule has 2 aromatic rings. The molecule has 1 aliphatic rings. The second kappa shape index (κ2) is 7.05. The predicted octanol–water partition coefficient (Wildman–Crippen LogP) is 3.54. The average Bonchev–Trinajstić information content (AvgIpc) is 2.57. The molecule has 3 rings (SSSR count). The number of para-hydroxylation sites is 1. The number of nitrogens with zero attached hydrogens (tertiary/aromatic N) is 1. The monoisotopic (exact) mass is 339 g/mol. The van der Waals surface area contributed by atoms with Crippen LogP contribution >= 0.6 is 0 Å². The molecule has 1 amide bonds. The van der Waals surface area contributed by atoms with Gasteiger partial charge in [0.2, 0.25) is 5.91 Å². The van der Waals surface area contributed by atoms with Gasteiger partial charge in [-0.25, -0.2) is 0 Å². The van der Waals surface area contributed by atoms with E-state index in [0.29, 0.717) is 24.8 Å². The first-order valence-electron chi connectivity index (χ1n) is 8.62. The SMILES string of the molecule is Cc1cccc(C(C)C)c1NC(=O)CN1CCOc2ccc(N)cc21. The van der Waals surface area contributed by atoms with Gasteiger partial charge in [0.05, 0.1) is 18.8 Å². The zero-order valence-corrected chi connectivity index (χ0v) is 15.0. The van der Waals surface area contributed by atoms with Crippen LogP contribution in [0.25, 0.3) is 0 Å². The van der Waals surface area contributed by atoms with Crippen molar-refractivity contribution < 1.29 is 9.53 Å². The molecule has 0 bridgehead atoms. The van der Waals surface area contributed by atoms with Gasteiger partial charge in [-0.15, -0.1) is 0 Å². The third-order valence-corrected chi connectivity index (χ3v) is 4.47. The van der Waals surface area contributed by atoms with Crippen LogP contribution in [0.4, 0.5) is 17.1 Å². The zero-order valence-electron chi connectivity index (χ0n) is 15.0. The Bertz CT molecular complexity index is 787. The van der Waals surface area contributed by atoms with E-state index in [-0.39, 0.29) is 12.5 Å². The minimum Gasteiger partial charge on any atom is -0.490 e. The minimum absolute atomic E-state index is 0.0357. The van der Waals surface area contributed by atoms with Crippen LogP contribution in [-0.4, -0.2) is 25.6 Å². The molecule has 2 aromatic carbocycles. The number of fused-ring (bicyclic) bond motifs is 1. The Labute approximate surface area is 148 Å². The maximum absolute atomic E-state index is 12.7. The number of amides is 1. The van der Waals surface area contributed by atoms with Gasteiger partial charge in [-0.05, 0) is 42.2 Å². The number of anilines is 3. The molecule has 0 unspecified atom stereocenters. The number of benzene rings is 2. The summed E-state index contributed by atoms with van der Waals surface area (Å²) in [5.41, 5.74) is 10.6. The summed E-state index contributed by atoms with van der Waals surface area (Å²) in [5.74, 6) is 1.08. The van der Waals surface area contributed by atoms with Crippen LogP contribution in [0.5, 0.6) is 5.75 Å². The summed E-state index contributed by atoms with van der Waals surface area (Å²) in [7, 11) is 0. The number of aryl methyl sites for hydroxylation is 1. The van der Waals surface area contributed by atoms with Gasteiger partial charge in [0.15, 0.2) is 0 Å². The van der Waals surface area contributed by atoms with Crippen molar-refractivity contribution >= 4 is 23.0 Å². The van der Waals surface area contributed by atoms with Crippen LogP contribution in [-0.2, 0) is 4.79 Å². The molecule has 5 heteroatoms. The first-order chi connectivity index (χ1) is 12.0. The molecule has 0 saturated heterocycles. The molecule has 0 fully saturated rings. The summed E-state index contributed by atoms with van der Waals surface area (Å²) >= 11 is 0. The minimum atomic E-state index is -0.0357. The lowest BCUT2D eigenvalue weighted by Gasteiger charge is -2.31. The van der Waals surface area contributed by atoms with Crippen molar-refractivity contribution in [1.82, 2.24) is 0 Å². The van der Waals surface area contributed by atoms with Gasteiger partial charge in [-0.2, -0.15) is 0 Å². The summed E-state index contributed by atoms with van der Waals surface area (Å²) in [6.07, 6.45) is 0. The molecule has 1 aliphatic heterocycles. The standard InChI is InChI=1S/C20H25N3O2/c1-13(2)16-6-4-5-14(3)20(16)22-19(24)12-23-9-10-25-18-8-7-15(21)11-17(18)23/h4-8,11,13H,9-10,12,21H2,1-3H3,(H,22,24). The van der Waals surface area contributed by atoms with Gasteiger partial charge in [0.1, 0.15) is 12.4 Å². The second-order valence-corrected chi connectivity index (χ2v) is 6.74. The van der Waals surface area contributed by atoms with Gasteiger partial charge in [-0.3, -0.25) is 4.79 Å². The summed E-state index contributed by atoms with van der Waals surface area (Å²) in [6, 6.07) is 11.6. The van der Waals surface area contributed by atoms with E-state index in [1.807, 2.05) is 42.2 Å². The van der Waals surface area contributed by atoms with Crippen molar-refractivity contribution in [3.8, 4) is 5.75 Å². The van der Waals surface area contributed by atoms with Crippen molar-refractivity contribution in [2.24, 2.45) is 0 Å². The van der Waals surface area contributed by atoms with E-state index in [1.165, 1.54) is 0 Å². The van der Waals surface area contributed by atoms with Crippen molar-refractivity contribution in [1.29, 1.82) is 0 Å². The van der Waals surface area contributed by atoms with Crippen LogP contribution in [0, 0.1) is 6.92 Å². The van der Waals surface area contributed by atoms with Crippen molar-refractivity contribution in [3.63, 3.8) is 0 Å². The fourth-order valence-electron chi connectivity index (χ4n) is 3.15. The molecule has 0 spiro atoms. The quantitative estimate of drug-likeness (QED) is 0.836. The Morgan fingerprint density at radius 3 is 2.88 bits per heavy atom. The normalized spacial score (nSPS) is 13.4. The summed E-state index contributed by atoms with van der Waals surface area (Å²) in [4.78, 5) is 14.7. The molecule has 0 aliphatic carbocycles. The Morgan fingerprint density at radius 1 is 1.32 bits per heavy atom. The number of carbonyl (C=O) groups excluding carboxylic acids is 1. The van der Waals surface area contributed by atoms with E-state index >= 15 is 0 Å². The molecule has 0 radical (unpaired) electrons. The van der Waals surface area contributed by atoms with E-state index in [9.17, 15) is 4.79 Å². The number of nitrogens with two attached hydrogens (primary N) is 1. The van der Waals surface area contributed by atoms with Gasteiger partial charge in [0, 0.05) is 11.4 Å².